The van der Waals surface area contributed by atoms with E-state index in [2.05, 4.69) is 0 Å². The van der Waals surface area contributed by atoms with Gasteiger partial charge in [-0.05, 0) is 30.0 Å². The molecule has 0 saturated carbocycles. The molecule has 0 radical (unpaired) electrons. The zero-order chi connectivity index (χ0) is 16.9. The molecule has 0 bridgehead atoms. The van der Waals surface area contributed by atoms with Crippen LogP contribution in [0.4, 0.5) is 0 Å². The van der Waals surface area contributed by atoms with E-state index in [0.29, 0.717) is 24.7 Å². The Morgan fingerprint density at radius 2 is 2.00 bits per heavy atom. The fourth-order valence-corrected chi connectivity index (χ4v) is 3.71. The molecule has 3 rings (SSSR count). The molecule has 2 heterocycles. The van der Waals surface area contributed by atoms with Crippen LogP contribution in [0.1, 0.15) is 17.3 Å². The quantitative estimate of drug-likeness (QED) is 0.544. The lowest BCUT2D eigenvalue weighted by molar-refractivity contribution is -0.164. The van der Waals surface area contributed by atoms with E-state index in [1.54, 1.807) is 31.6 Å². The lowest BCUT2D eigenvalue weighted by Crippen LogP contribution is -2.61. The van der Waals surface area contributed by atoms with Crippen molar-refractivity contribution in [3.8, 4) is 11.5 Å². The van der Waals surface area contributed by atoms with Crippen LogP contribution in [0, 0.1) is 0 Å². The highest BCUT2D eigenvalue weighted by Gasteiger charge is 2.50. The van der Waals surface area contributed by atoms with Crippen molar-refractivity contribution in [2.45, 2.75) is 18.6 Å². The van der Waals surface area contributed by atoms with Gasteiger partial charge in [-0.15, -0.1) is 11.3 Å². The molecular formula is C18H21NO4S. The summed E-state index contributed by atoms with van der Waals surface area (Å²) in [6.07, 6.45) is 0.328. The molecule has 0 unspecified atom stereocenters. The van der Waals surface area contributed by atoms with Gasteiger partial charge >= 0.3 is 0 Å². The third-order valence-corrected chi connectivity index (χ3v) is 4.98. The molecule has 128 valence electrons. The first-order chi connectivity index (χ1) is 11.7. The second-order valence-corrected chi connectivity index (χ2v) is 6.53. The number of β-lactam (4-membered cyclic amide) rings is 1. The molecule has 24 heavy (non-hydrogen) atoms. The number of ether oxygens (including phenoxy) is 3. The fraction of sp³-hybridized carbons (Fsp3) is 0.389. The van der Waals surface area contributed by atoms with Gasteiger partial charge in [0.2, 0.25) is 6.10 Å². The number of carbonyl (C=O) groups excluding carboxylic acids is 1. The molecule has 0 aliphatic carbocycles. The lowest BCUT2D eigenvalue weighted by atomic mass is 9.95. The van der Waals surface area contributed by atoms with Crippen LogP contribution in [0.25, 0.3) is 0 Å². The molecular weight excluding hydrogens is 326 g/mol. The van der Waals surface area contributed by atoms with Crippen molar-refractivity contribution in [3.63, 3.8) is 0 Å². The number of thiophene rings is 1. The summed E-state index contributed by atoms with van der Waals surface area (Å²) in [5.74, 6) is 1.38. The molecule has 0 spiro atoms. The van der Waals surface area contributed by atoms with Gasteiger partial charge in [0, 0.05) is 31.2 Å². The third kappa shape index (κ3) is 3.39. The Kier molecular flexibility index (Phi) is 5.37. The molecule has 0 N–H and O–H groups in total. The van der Waals surface area contributed by atoms with Gasteiger partial charge in [-0.25, -0.2) is 0 Å². The highest BCUT2D eigenvalue weighted by molar-refractivity contribution is 7.10. The summed E-state index contributed by atoms with van der Waals surface area (Å²) < 4.78 is 16.3. The van der Waals surface area contributed by atoms with E-state index in [1.807, 2.05) is 40.6 Å². The molecule has 1 aliphatic heterocycles. The molecule has 6 heteroatoms. The number of methoxy groups -OCH3 is 2. The van der Waals surface area contributed by atoms with Gasteiger partial charge in [0.25, 0.3) is 5.91 Å². The minimum atomic E-state index is -0.488. The topological polar surface area (TPSA) is 48.0 Å². The van der Waals surface area contributed by atoms with Gasteiger partial charge in [-0.3, -0.25) is 4.79 Å². The average molecular weight is 347 g/mol. The Hall–Kier alpha value is -2.05. The number of rotatable bonds is 8. The first kappa shape index (κ1) is 16.8. The minimum absolute atomic E-state index is 0.0207. The Labute approximate surface area is 145 Å². The Morgan fingerprint density at radius 3 is 2.71 bits per heavy atom. The van der Waals surface area contributed by atoms with E-state index in [0.717, 1.165) is 11.3 Å². The number of carbonyl (C=O) groups is 1. The summed E-state index contributed by atoms with van der Waals surface area (Å²) in [5.41, 5.74) is 0. The molecule has 1 fully saturated rings. The monoisotopic (exact) mass is 347 g/mol. The maximum atomic E-state index is 12.6. The van der Waals surface area contributed by atoms with Crippen molar-refractivity contribution < 1.29 is 19.0 Å². The van der Waals surface area contributed by atoms with Crippen molar-refractivity contribution in [1.29, 1.82) is 0 Å². The van der Waals surface area contributed by atoms with Gasteiger partial charge in [0.05, 0.1) is 7.11 Å². The SMILES string of the molecule is COCCCN1C(=O)[C@H](Oc2cccc(OC)c2)[C@@H]1c1cccs1. The zero-order valence-corrected chi connectivity index (χ0v) is 14.6. The third-order valence-electron chi connectivity index (χ3n) is 4.04. The van der Waals surface area contributed by atoms with Crippen LogP contribution in [0.2, 0.25) is 0 Å². The van der Waals surface area contributed by atoms with Crippen molar-refractivity contribution in [2.24, 2.45) is 0 Å². The molecule has 1 aromatic heterocycles. The highest BCUT2D eigenvalue weighted by atomic mass is 32.1. The van der Waals surface area contributed by atoms with E-state index in [-0.39, 0.29) is 11.9 Å². The van der Waals surface area contributed by atoms with Gasteiger partial charge < -0.3 is 19.1 Å². The predicted octanol–water partition coefficient (Wildman–Crippen LogP) is 3.12. The summed E-state index contributed by atoms with van der Waals surface area (Å²) >= 11 is 1.64. The predicted molar refractivity (Wildman–Crippen MR) is 92.7 cm³/mol. The van der Waals surface area contributed by atoms with Crippen molar-refractivity contribution in [3.05, 3.63) is 46.7 Å². The van der Waals surface area contributed by atoms with Crippen LogP contribution < -0.4 is 9.47 Å². The number of likely N-dealkylation sites (tertiary alicyclic amines) is 1. The van der Waals surface area contributed by atoms with Crippen molar-refractivity contribution >= 4 is 17.2 Å². The van der Waals surface area contributed by atoms with Gasteiger partial charge in [-0.1, -0.05) is 12.1 Å². The van der Waals surface area contributed by atoms with E-state index >= 15 is 0 Å². The normalized spacial score (nSPS) is 19.9. The number of nitrogens with zero attached hydrogens (tertiary/aromatic N) is 1. The molecule has 1 saturated heterocycles. The Morgan fingerprint density at radius 1 is 1.17 bits per heavy atom. The van der Waals surface area contributed by atoms with Crippen LogP contribution in [0.5, 0.6) is 11.5 Å². The second-order valence-electron chi connectivity index (χ2n) is 5.56. The molecule has 1 aromatic carbocycles. The van der Waals surface area contributed by atoms with E-state index in [4.69, 9.17) is 14.2 Å². The van der Waals surface area contributed by atoms with E-state index in [9.17, 15) is 4.79 Å². The number of hydrogen-bond donors (Lipinski definition) is 0. The Bertz CT molecular complexity index is 673. The van der Waals surface area contributed by atoms with Gasteiger partial charge in [-0.2, -0.15) is 0 Å². The Balaban J connectivity index is 1.74. The summed E-state index contributed by atoms with van der Waals surface area (Å²) in [7, 11) is 3.28. The highest BCUT2D eigenvalue weighted by Crippen LogP contribution is 2.40. The van der Waals surface area contributed by atoms with Crippen molar-refractivity contribution in [2.75, 3.05) is 27.4 Å². The smallest absolute Gasteiger partial charge is 0.266 e. The van der Waals surface area contributed by atoms with E-state index in [1.165, 1.54) is 0 Å². The largest absolute Gasteiger partial charge is 0.497 e. The molecule has 2 aromatic rings. The summed E-state index contributed by atoms with van der Waals surface area (Å²) in [6, 6.07) is 11.4. The average Bonchev–Trinajstić information content (AvgIpc) is 3.13. The maximum Gasteiger partial charge on any atom is 0.266 e. The van der Waals surface area contributed by atoms with Crippen LogP contribution >= 0.6 is 11.3 Å². The summed E-state index contributed by atoms with van der Waals surface area (Å²) in [6.45, 7) is 1.32. The van der Waals surface area contributed by atoms with Crippen LogP contribution in [-0.4, -0.2) is 44.3 Å². The first-order valence-corrected chi connectivity index (χ1v) is 8.76. The fourth-order valence-electron chi connectivity index (χ4n) is 2.84. The maximum absolute atomic E-state index is 12.6. The second kappa shape index (κ2) is 7.68. The van der Waals surface area contributed by atoms with Gasteiger partial charge in [0.15, 0.2) is 0 Å². The standard InChI is InChI=1S/C18H21NO4S/c1-21-10-5-9-19-16(15-8-4-11-24-15)17(18(19)20)23-14-7-3-6-13(12-14)22-2/h3-4,6-8,11-12,16-17H,5,9-10H2,1-2H3/t16-,17+/m0/s1. The van der Waals surface area contributed by atoms with Crippen LogP contribution in [0.3, 0.4) is 0 Å². The first-order valence-electron chi connectivity index (χ1n) is 7.88. The molecule has 2 atom stereocenters. The van der Waals surface area contributed by atoms with Crippen LogP contribution in [0.15, 0.2) is 41.8 Å². The minimum Gasteiger partial charge on any atom is -0.497 e. The number of amides is 1. The summed E-state index contributed by atoms with van der Waals surface area (Å²) in [5, 5.41) is 2.02. The zero-order valence-electron chi connectivity index (χ0n) is 13.8. The van der Waals surface area contributed by atoms with Crippen molar-refractivity contribution in [1.82, 2.24) is 4.90 Å². The van der Waals surface area contributed by atoms with E-state index < -0.39 is 6.10 Å². The molecule has 1 amide bonds. The lowest BCUT2D eigenvalue weighted by Gasteiger charge is -2.46. The van der Waals surface area contributed by atoms with Crippen LogP contribution in [-0.2, 0) is 9.53 Å². The molecule has 5 nitrogen and oxygen atoms in total. The summed E-state index contributed by atoms with van der Waals surface area (Å²) in [4.78, 5) is 15.6. The number of hydrogen-bond acceptors (Lipinski definition) is 5. The number of benzene rings is 1. The van der Waals surface area contributed by atoms with Gasteiger partial charge in [0.1, 0.15) is 17.5 Å². The molecule has 1 aliphatic rings.